The third-order valence-corrected chi connectivity index (χ3v) is 3.93. The molecule has 1 aliphatic heterocycles. The number of hydrogen-bond acceptors (Lipinski definition) is 3. The standard InChI is InChI=1S/C16H13IN2O/c17-12-7-5-11(6-8-12)15(20)13-3-1-2-4-14(13)16-18-9-10-19-16/h1-8H,9-10H2,(H,18,19)/i17-2. The Labute approximate surface area is 131 Å². The minimum Gasteiger partial charge on any atom is -0.368 e. The minimum atomic E-state index is 0.0356. The summed E-state index contributed by atoms with van der Waals surface area (Å²) in [5.74, 6) is 0.855. The lowest BCUT2D eigenvalue weighted by Crippen LogP contribution is -2.22. The molecular weight excluding hydrogens is 361 g/mol. The molecule has 0 radical (unpaired) electrons. The molecule has 2 aromatic carbocycles. The van der Waals surface area contributed by atoms with Crippen molar-refractivity contribution in [3.05, 3.63) is 68.8 Å². The maximum Gasteiger partial charge on any atom is 0.193 e. The van der Waals surface area contributed by atoms with Crippen LogP contribution in [-0.4, -0.2) is 24.7 Å². The third kappa shape index (κ3) is 2.60. The van der Waals surface area contributed by atoms with Crippen molar-refractivity contribution < 1.29 is 4.79 Å². The SMILES string of the molecule is O=C(c1ccc([125I])cc1)c1ccccc1C1=NCCN1. The van der Waals surface area contributed by atoms with E-state index >= 15 is 0 Å². The number of amidine groups is 1. The molecule has 0 bridgehead atoms. The summed E-state index contributed by atoms with van der Waals surface area (Å²) in [6.07, 6.45) is 0. The van der Waals surface area contributed by atoms with Gasteiger partial charge in [-0.25, -0.2) is 0 Å². The van der Waals surface area contributed by atoms with Crippen molar-refractivity contribution >= 4 is 34.2 Å². The fourth-order valence-electron chi connectivity index (χ4n) is 2.22. The zero-order valence-electron chi connectivity index (χ0n) is 10.8. The highest BCUT2D eigenvalue weighted by Crippen LogP contribution is 2.17. The number of carbonyl (C=O) groups excluding carboxylic acids is 1. The van der Waals surface area contributed by atoms with Crippen LogP contribution in [0.1, 0.15) is 21.5 Å². The Morgan fingerprint density at radius 2 is 1.85 bits per heavy atom. The second-order valence-electron chi connectivity index (χ2n) is 4.54. The summed E-state index contributed by atoms with van der Waals surface area (Å²) in [6.45, 7) is 1.60. The van der Waals surface area contributed by atoms with E-state index in [1.807, 2.05) is 48.5 Å². The number of carbonyl (C=O) groups is 1. The van der Waals surface area contributed by atoms with Crippen molar-refractivity contribution in [3.63, 3.8) is 0 Å². The maximum atomic E-state index is 12.6. The van der Waals surface area contributed by atoms with Crippen molar-refractivity contribution in [1.29, 1.82) is 0 Å². The van der Waals surface area contributed by atoms with Gasteiger partial charge in [-0.3, -0.25) is 9.79 Å². The van der Waals surface area contributed by atoms with E-state index in [2.05, 4.69) is 32.9 Å². The molecule has 100 valence electrons. The quantitative estimate of drug-likeness (QED) is 0.663. The summed E-state index contributed by atoms with van der Waals surface area (Å²) in [7, 11) is 0. The molecule has 0 atom stereocenters. The van der Waals surface area contributed by atoms with E-state index in [1.54, 1.807) is 0 Å². The molecule has 1 aliphatic rings. The van der Waals surface area contributed by atoms with E-state index in [1.165, 1.54) is 0 Å². The number of nitrogens with zero attached hydrogens (tertiary/aromatic N) is 1. The second-order valence-corrected chi connectivity index (χ2v) is 5.78. The van der Waals surface area contributed by atoms with Crippen LogP contribution >= 0.6 is 22.6 Å². The topological polar surface area (TPSA) is 41.5 Å². The van der Waals surface area contributed by atoms with Gasteiger partial charge in [0.05, 0.1) is 6.54 Å². The van der Waals surface area contributed by atoms with Gasteiger partial charge < -0.3 is 5.32 Å². The smallest absolute Gasteiger partial charge is 0.193 e. The van der Waals surface area contributed by atoms with Gasteiger partial charge in [-0.05, 0) is 46.9 Å². The first-order valence-electron chi connectivity index (χ1n) is 6.44. The van der Waals surface area contributed by atoms with Crippen LogP contribution in [0, 0.1) is 3.57 Å². The number of benzene rings is 2. The highest BCUT2D eigenvalue weighted by atomic mass is 125. The summed E-state index contributed by atoms with van der Waals surface area (Å²) in [4.78, 5) is 17.1. The van der Waals surface area contributed by atoms with Gasteiger partial charge in [0.25, 0.3) is 0 Å². The largest absolute Gasteiger partial charge is 0.368 e. The van der Waals surface area contributed by atoms with Crippen molar-refractivity contribution in [3.8, 4) is 0 Å². The van der Waals surface area contributed by atoms with Gasteiger partial charge in [0.1, 0.15) is 5.84 Å². The van der Waals surface area contributed by atoms with Crippen molar-refractivity contribution in [2.75, 3.05) is 13.1 Å². The van der Waals surface area contributed by atoms with Crippen molar-refractivity contribution in [1.82, 2.24) is 5.32 Å². The molecule has 1 heterocycles. The molecular formula is C16H13IN2O. The zero-order chi connectivity index (χ0) is 13.9. The molecule has 3 nitrogen and oxygen atoms in total. The molecule has 0 aromatic heterocycles. The minimum absolute atomic E-state index is 0.0356. The maximum absolute atomic E-state index is 12.6. The number of nitrogens with one attached hydrogen (secondary N) is 1. The normalized spacial score (nSPS) is 13.8. The van der Waals surface area contributed by atoms with Gasteiger partial charge in [0.2, 0.25) is 0 Å². The number of ketones is 1. The molecule has 20 heavy (non-hydrogen) atoms. The average molecular weight is 374 g/mol. The number of aliphatic imine (C=N–C) groups is 1. The summed E-state index contributed by atoms with van der Waals surface area (Å²) < 4.78 is 1.12. The van der Waals surface area contributed by atoms with E-state index in [9.17, 15) is 4.79 Å². The first-order valence-corrected chi connectivity index (χ1v) is 7.51. The molecule has 4 heteroatoms. The number of halogens is 1. The lowest BCUT2D eigenvalue weighted by Gasteiger charge is -2.09. The molecule has 0 saturated carbocycles. The Bertz CT molecular complexity index is 677. The lowest BCUT2D eigenvalue weighted by atomic mass is 9.98. The Morgan fingerprint density at radius 3 is 2.55 bits per heavy atom. The van der Waals surface area contributed by atoms with Crippen LogP contribution < -0.4 is 5.32 Å². The van der Waals surface area contributed by atoms with Crippen LogP contribution in [0.15, 0.2) is 53.5 Å². The van der Waals surface area contributed by atoms with Gasteiger partial charge in [-0.2, -0.15) is 0 Å². The lowest BCUT2D eigenvalue weighted by molar-refractivity contribution is 0.103. The van der Waals surface area contributed by atoms with Gasteiger partial charge in [0, 0.05) is 26.8 Å². The Balaban J connectivity index is 2.01. The number of hydrogen-bond donors (Lipinski definition) is 1. The summed E-state index contributed by atoms with van der Waals surface area (Å²) in [6, 6.07) is 15.2. The van der Waals surface area contributed by atoms with Gasteiger partial charge in [0.15, 0.2) is 5.78 Å². The van der Waals surface area contributed by atoms with Crippen LogP contribution in [0.2, 0.25) is 0 Å². The fraction of sp³-hybridized carbons (Fsp3) is 0.125. The summed E-state index contributed by atoms with van der Waals surface area (Å²) in [5, 5.41) is 3.23. The average Bonchev–Trinajstić information content (AvgIpc) is 3.01. The van der Waals surface area contributed by atoms with Crippen LogP contribution in [0.3, 0.4) is 0 Å². The van der Waals surface area contributed by atoms with Gasteiger partial charge in [-0.1, -0.05) is 24.3 Å². The monoisotopic (exact) mass is 374 g/mol. The first kappa shape index (κ1) is 13.3. The van der Waals surface area contributed by atoms with Crippen LogP contribution in [0.5, 0.6) is 0 Å². The molecule has 0 amide bonds. The van der Waals surface area contributed by atoms with Crippen LogP contribution in [0.25, 0.3) is 0 Å². The number of rotatable bonds is 3. The molecule has 3 rings (SSSR count). The van der Waals surface area contributed by atoms with E-state index in [0.29, 0.717) is 11.1 Å². The van der Waals surface area contributed by atoms with Crippen molar-refractivity contribution in [2.24, 2.45) is 4.99 Å². The van der Waals surface area contributed by atoms with Crippen molar-refractivity contribution in [2.45, 2.75) is 0 Å². The van der Waals surface area contributed by atoms with Crippen LogP contribution in [-0.2, 0) is 0 Å². The Hall–Kier alpha value is -1.69. The fourth-order valence-corrected chi connectivity index (χ4v) is 2.58. The first-order chi connectivity index (χ1) is 9.75. The molecule has 0 spiro atoms. The van der Waals surface area contributed by atoms with Crippen LogP contribution in [0.4, 0.5) is 0 Å². The second kappa shape index (κ2) is 5.75. The summed E-state index contributed by atoms with van der Waals surface area (Å²) >= 11 is 2.23. The molecule has 2 aromatic rings. The van der Waals surface area contributed by atoms with Gasteiger partial charge in [-0.15, -0.1) is 0 Å². The van der Waals surface area contributed by atoms with E-state index in [0.717, 1.165) is 28.1 Å². The van der Waals surface area contributed by atoms with Gasteiger partial charge >= 0.3 is 0 Å². The predicted octanol–water partition coefficient (Wildman–Crippen LogP) is 2.87. The predicted molar refractivity (Wildman–Crippen MR) is 88.4 cm³/mol. The Kier molecular flexibility index (Phi) is 3.82. The highest BCUT2D eigenvalue weighted by molar-refractivity contribution is 14.1. The molecule has 0 saturated heterocycles. The third-order valence-electron chi connectivity index (χ3n) is 3.21. The molecule has 1 N–H and O–H groups in total. The van der Waals surface area contributed by atoms with E-state index in [4.69, 9.17) is 0 Å². The van der Waals surface area contributed by atoms with E-state index in [-0.39, 0.29) is 5.78 Å². The molecule has 0 fully saturated rings. The zero-order valence-corrected chi connectivity index (χ0v) is 12.9. The molecule has 0 unspecified atom stereocenters. The summed E-state index contributed by atoms with van der Waals surface area (Å²) in [5.41, 5.74) is 2.28. The van der Waals surface area contributed by atoms with E-state index < -0.39 is 0 Å². The highest BCUT2D eigenvalue weighted by Gasteiger charge is 2.18. The Morgan fingerprint density at radius 1 is 1.10 bits per heavy atom. The molecule has 0 aliphatic carbocycles.